The zero-order chi connectivity index (χ0) is 22.6. The number of ether oxygens (including phenoxy) is 1. The van der Waals surface area contributed by atoms with Gasteiger partial charge in [-0.1, -0.05) is 26.0 Å². The summed E-state index contributed by atoms with van der Waals surface area (Å²) < 4.78 is 33.6. The molecule has 166 valence electrons. The molecule has 11 heteroatoms. The molecule has 0 aliphatic heterocycles. The van der Waals surface area contributed by atoms with Gasteiger partial charge in [-0.2, -0.15) is 4.31 Å². The summed E-state index contributed by atoms with van der Waals surface area (Å²) in [5.74, 6) is -0.0187. The minimum absolute atomic E-state index is 0.0187. The topological polar surface area (TPSA) is 128 Å². The number of benzene rings is 2. The van der Waals surface area contributed by atoms with Gasteiger partial charge in [0.05, 0.1) is 27.5 Å². The Hall–Kier alpha value is -3.18. The maximum atomic E-state index is 12.6. The second-order valence-corrected chi connectivity index (χ2v) is 8.71. The van der Waals surface area contributed by atoms with Crippen LogP contribution in [0.1, 0.15) is 20.3 Å². The molecule has 0 amide bonds. The number of sulfonamides is 1. The van der Waals surface area contributed by atoms with Crippen molar-refractivity contribution >= 4 is 26.7 Å². The highest BCUT2D eigenvalue weighted by Gasteiger charge is 2.26. The predicted octanol–water partition coefficient (Wildman–Crippen LogP) is 2.74. The van der Waals surface area contributed by atoms with Crippen molar-refractivity contribution < 1.29 is 18.1 Å². The van der Waals surface area contributed by atoms with Crippen molar-refractivity contribution in [2.24, 2.45) is 0 Å². The maximum absolute atomic E-state index is 12.6. The molecule has 3 aromatic rings. The van der Waals surface area contributed by atoms with Crippen LogP contribution in [0.15, 0.2) is 52.2 Å². The van der Waals surface area contributed by atoms with Gasteiger partial charge in [0, 0.05) is 25.7 Å². The molecule has 0 bridgehead atoms. The Morgan fingerprint density at radius 2 is 1.87 bits per heavy atom. The molecule has 0 aliphatic rings. The molecule has 31 heavy (non-hydrogen) atoms. The number of nitro benzene ring substituents is 1. The number of nitrogens with one attached hydrogen (secondary N) is 1. The van der Waals surface area contributed by atoms with Crippen molar-refractivity contribution in [3.8, 4) is 5.75 Å². The van der Waals surface area contributed by atoms with Crippen LogP contribution in [0.25, 0.3) is 11.0 Å². The van der Waals surface area contributed by atoms with Crippen molar-refractivity contribution in [1.29, 1.82) is 0 Å². The summed E-state index contributed by atoms with van der Waals surface area (Å²) in [7, 11) is -3.82. The number of fused-ring (bicyclic) bond motifs is 1. The highest BCUT2D eigenvalue weighted by molar-refractivity contribution is 7.89. The van der Waals surface area contributed by atoms with E-state index >= 15 is 0 Å². The van der Waals surface area contributed by atoms with E-state index in [-0.39, 0.29) is 36.0 Å². The van der Waals surface area contributed by atoms with Gasteiger partial charge in [0.15, 0.2) is 5.75 Å². The third-order valence-electron chi connectivity index (χ3n) is 4.94. The second-order valence-electron chi connectivity index (χ2n) is 6.78. The van der Waals surface area contributed by atoms with Crippen molar-refractivity contribution in [1.82, 2.24) is 13.9 Å². The summed E-state index contributed by atoms with van der Waals surface area (Å²) in [4.78, 5) is 25.5. The number of hydrogen-bond acceptors (Lipinski definition) is 6. The molecule has 0 aliphatic carbocycles. The SMILES string of the molecule is CCN(CC)S(=O)(=O)c1ccc(OCCCn2c(=O)[nH]c3ccccc32)c([N+](=O)[O-])c1. The molecule has 2 aromatic carbocycles. The van der Waals surface area contributed by atoms with Crippen LogP contribution in [0.3, 0.4) is 0 Å². The summed E-state index contributed by atoms with van der Waals surface area (Å²) in [6.45, 7) is 4.41. The van der Waals surface area contributed by atoms with Crippen LogP contribution in [0.4, 0.5) is 5.69 Å². The first-order valence-corrected chi connectivity index (χ1v) is 11.3. The third-order valence-corrected chi connectivity index (χ3v) is 6.98. The first kappa shape index (κ1) is 22.5. The monoisotopic (exact) mass is 448 g/mol. The molecule has 0 saturated heterocycles. The highest BCUT2D eigenvalue weighted by atomic mass is 32.2. The molecule has 0 unspecified atom stereocenters. The van der Waals surface area contributed by atoms with Crippen LogP contribution in [0.5, 0.6) is 5.75 Å². The fourth-order valence-electron chi connectivity index (χ4n) is 3.37. The Bertz CT molecular complexity index is 1240. The molecule has 0 saturated carbocycles. The number of nitro groups is 1. The average molecular weight is 449 g/mol. The van der Waals surface area contributed by atoms with Crippen LogP contribution in [-0.2, 0) is 16.6 Å². The fourth-order valence-corrected chi connectivity index (χ4v) is 4.85. The Morgan fingerprint density at radius 3 is 2.55 bits per heavy atom. The number of nitrogens with zero attached hydrogens (tertiary/aromatic N) is 3. The lowest BCUT2D eigenvalue weighted by molar-refractivity contribution is -0.386. The quantitative estimate of drug-likeness (QED) is 0.289. The highest BCUT2D eigenvalue weighted by Crippen LogP contribution is 2.31. The molecule has 3 rings (SSSR count). The van der Waals surface area contributed by atoms with E-state index in [0.717, 1.165) is 17.1 Å². The zero-order valence-corrected chi connectivity index (χ0v) is 18.1. The van der Waals surface area contributed by atoms with Crippen molar-refractivity contribution in [2.75, 3.05) is 19.7 Å². The summed E-state index contributed by atoms with van der Waals surface area (Å²) in [5.41, 5.74) is 0.842. The number of aromatic nitrogens is 2. The van der Waals surface area contributed by atoms with Crippen molar-refractivity contribution in [2.45, 2.75) is 31.7 Å². The van der Waals surface area contributed by atoms with Gasteiger partial charge in [-0.3, -0.25) is 14.7 Å². The molecular weight excluding hydrogens is 424 g/mol. The van der Waals surface area contributed by atoms with E-state index in [9.17, 15) is 23.3 Å². The van der Waals surface area contributed by atoms with E-state index in [4.69, 9.17) is 4.74 Å². The van der Waals surface area contributed by atoms with E-state index < -0.39 is 20.6 Å². The lowest BCUT2D eigenvalue weighted by Gasteiger charge is -2.18. The van der Waals surface area contributed by atoms with Gasteiger partial charge in [-0.05, 0) is 30.7 Å². The van der Waals surface area contributed by atoms with Gasteiger partial charge in [0.25, 0.3) is 0 Å². The van der Waals surface area contributed by atoms with E-state index in [1.54, 1.807) is 24.5 Å². The van der Waals surface area contributed by atoms with Crippen LogP contribution < -0.4 is 10.4 Å². The second kappa shape index (κ2) is 9.31. The van der Waals surface area contributed by atoms with E-state index in [1.807, 2.05) is 18.2 Å². The van der Waals surface area contributed by atoms with Gasteiger partial charge in [0.2, 0.25) is 10.0 Å². The first-order chi connectivity index (χ1) is 14.8. The summed E-state index contributed by atoms with van der Waals surface area (Å²) in [5, 5.41) is 11.5. The number of H-pyrrole nitrogens is 1. The molecule has 0 spiro atoms. The van der Waals surface area contributed by atoms with Gasteiger partial charge in [-0.25, -0.2) is 13.2 Å². The number of aromatic amines is 1. The Kier molecular flexibility index (Phi) is 6.76. The lowest BCUT2D eigenvalue weighted by atomic mass is 10.3. The third kappa shape index (κ3) is 4.62. The molecule has 1 aromatic heterocycles. The minimum Gasteiger partial charge on any atom is -0.487 e. The van der Waals surface area contributed by atoms with Gasteiger partial charge < -0.3 is 9.72 Å². The van der Waals surface area contributed by atoms with E-state index in [1.165, 1.54) is 16.4 Å². The number of hydrogen-bond donors (Lipinski definition) is 1. The van der Waals surface area contributed by atoms with Gasteiger partial charge in [0.1, 0.15) is 0 Å². The smallest absolute Gasteiger partial charge is 0.326 e. The average Bonchev–Trinajstić information content (AvgIpc) is 3.06. The van der Waals surface area contributed by atoms with Crippen molar-refractivity contribution in [3.05, 3.63) is 63.1 Å². The molecule has 0 radical (unpaired) electrons. The van der Waals surface area contributed by atoms with Gasteiger partial charge >= 0.3 is 11.4 Å². The van der Waals surface area contributed by atoms with Crippen LogP contribution in [0.2, 0.25) is 0 Å². The number of rotatable bonds is 10. The summed E-state index contributed by atoms with van der Waals surface area (Å²) in [6.07, 6.45) is 0.429. The number of imidazole rings is 1. The van der Waals surface area contributed by atoms with Crippen LogP contribution in [-0.4, -0.2) is 46.9 Å². The predicted molar refractivity (Wildman–Crippen MR) is 116 cm³/mol. The zero-order valence-electron chi connectivity index (χ0n) is 17.3. The van der Waals surface area contributed by atoms with Crippen LogP contribution in [0, 0.1) is 10.1 Å². The number of para-hydroxylation sites is 2. The van der Waals surface area contributed by atoms with Gasteiger partial charge in [-0.15, -0.1) is 0 Å². The lowest BCUT2D eigenvalue weighted by Crippen LogP contribution is -2.30. The first-order valence-electron chi connectivity index (χ1n) is 9.88. The molecule has 0 atom stereocenters. The standard InChI is InChI=1S/C20H24N4O6S/c1-3-22(4-2)31(28,29)15-10-11-19(18(14-15)24(26)27)30-13-7-12-23-17-9-6-5-8-16(17)21-20(23)25/h5-6,8-11,14H,3-4,7,12-13H2,1-2H3,(H,21,25). The Morgan fingerprint density at radius 1 is 1.16 bits per heavy atom. The molecule has 10 nitrogen and oxygen atoms in total. The summed E-state index contributed by atoms with van der Waals surface area (Å²) in [6, 6.07) is 10.9. The maximum Gasteiger partial charge on any atom is 0.326 e. The minimum atomic E-state index is -3.82. The fraction of sp³-hybridized carbons (Fsp3) is 0.350. The number of aryl methyl sites for hydroxylation is 1. The van der Waals surface area contributed by atoms with E-state index in [2.05, 4.69) is 4.98 Å². The molecule has 0 fully saturated rings. The molecule has 1 heterocycles. The van der Waals surface area contributed by atoms with E-state index in [0.29, 0.717) is 13.0 Å². The Balaban J connectivity index is 1.73. The molecule has 1 N–H and O–H groups in total. The largest absolute Gasteiger partial charge is 0.487 e. The molecular formula is C20H24N4O6S. The normalized spacial score (nSPS) is 11.8. The van der Waals surface area contributed by atoms with Crippen LogP contribution >= 0.6 is 0 Å². The van der Waals surface area contributed by atoms with Crippen molar-refractivity contribution in [3.63, 3.8) is 0 Å². The Labute approximate surface area is 179 Å². The summed E-state index contributed by atoms with van der Waals surface area (Å²) >= 11 is 0.